The SMILES string of the molecule is COC(=O)CC(NC(=O)COCCOCC(=O)NC(CC(=O)OC)C(=O)OC)C(=O)OC.COC(=O)CN(CC(=O)OC)C(=O)OCCOC(=O)N(CC(=O)OC)CC(=O)OC. The van der Waals surface area contributed by atoms with Crippen molar-refractivity contribution in [1.82, 2.24) is 20.4 Å². The monoisotopic (exact) mass is 900 g/mol. The highest BCUT2D eigenvalue weighted by Gasteiger charge is 2.27. The quantitative estimate of drug-likeness (QED) is 0.0475. The van der Waals surface area contributed by atoms with Crippen LogP contribution in [0.5, 0.6) is 0 Å². The molecule has 0 aromatic carbocycles. The van der Waals surface area contributed by atoms with E-state index >= 15 is 0 Å². The van der Waals surface area contributed by atoms with E-state index in [2.05, 4.69) is 48.5 Å². The van der Waals surface area contributed by atoms with E-state index in [9.17, 15) is 57.5 Å². The molecule has 2 N–H and O–H groups in total. The van der Waals surface area contributed by atoms with E-state index in [-0.39, 0.29) is 13.2 Å². The summed E-state index contributed by atoms with van der Waals surface area (Å²) in [6.45, 7) is -4.26. The lowest BCUT2D eigenvalue weighted by Gasteiger charge is -2.21. The van der Waals surface area contributed by atoms with Gasteiger partial charge in [0.15, 0.2) is 0 Å². The van der Waals surface area contributed by atoms with Crippen molar-refractivity contribution in [3.05, 3.63) is 0 Å². The molecule has 0 spiro atoms. The van der Waals surface area contributed by atoms with Crippen LogP contribution in [0.15, 0.2) is 0 Å². The first-order chi connectivity index (χ1) is 29.3. The van der Waals surface area contributed by atoms with Crippen molar-refractivity contribution in [3.8, 4) is 0 Å². The molecule has 28 heteroatoms. The third kappa shape index (κ3) is 27.0. The number of ether oxygens (including phenoxy) is 12. The minimum atomic E-state index is -1.23. The largest absolute Gasteiger partial charge is 0.469 e. The predicted octanol–water partition coefficient (Wildman–Crippen LogP) is -3.98. The van der Waals surface area contributed by atoms with Crippen molar-refractivity contribution >= 4 is 71.8 Å². The third-order valence-electron chi connectivity index (χ3n) is 6.92. The fourth-order valence-electron chi connectivity index (χ4n) is 3.78. The number of rotatable bonds is 26. The van der Waals surface area contributed by atoms with Gasteiger partial charge in [-0.1, -0.05) is 0 Å². The van der Waals surface area contributed by atoms with E-state index in [4.69, 9.17) is 18.9 Å². The number of carbonyl (C=O) groups excluding carboxylic acids is 12. The van der Waals surface area contributed by atoms with Crippen molar-refractivity contribution in [2.45, 2.75) is 24.9 Å². The second-order valence-electron chi connectivity index (χ2n) is 11.2. The zero-order chi connectivity index (χ0) is 47.6. The van der Waals surface area contributed by atoms with Gasteiger partial charge in [0, 0.05) is 0 Å². The predicted molar refractivity (Wildman–Crippen MR) is 197 cm³/mol. The standard InChI is InChI=1S/C18H28N2O12.C16H24N2O12/c1-27-15(23)7-11(17(25)29-3)19-13(21)9-31-5-6-32-10-14(22)20-12(18(26)30-4)8-16(24)28-2;1-25-11(19)7-17(8-12(20)26-2)15(23)29-5-6-30-16(24)18(9-13(21)27-3)10-14(22)28-4/h11-12H,5-10H2,1-4H3,(H,19,21)(H,20,22);5-10H2,1-4H3. The number of esters is 8. The Morgan fingerprint density at radius 3 is 0.903 bits per heavy atom. The summed E-state index contributed by atoms with van der Waals surface area (Å²) in [6, 6.07) is -2.45. The molecule has 352 valence electrons. The van der Waals surface area contributed by atoms with E-state index in [0.717, 1.165) is 66.7 Å². The molecule has 0 aromatic rings. The van der Waals surface area contributed by atoms with E-state index in [1.807, 2.05) is 0 Å². The average Bonchev–Trinajstić information content (AvgIpc) is 3.26. The molecule has 0 radical (unpaired) electrons. The van der Waals surface area contributed by atoms with Crippen LogP contribution < -0.4 is 10.6 Å². The van der Waals surface area contributed by atoms with Crippen LogP contribution in [-0.4, -0.2) is 216 Å². The van der Waals surface area contributed by atoms with Crippen molar-refractivity contribution in [2.75, 3.05) is 123 Å². The van der Waals surface area contributed by atoms with Gasteiger partial charge in [-0.05, 0) is 0 Å². The van der Waals surface area contributed by atoms with E-state index < -0.39 is 149 Å². The summed E-state index contributed by atoms with van der Waals surface area (Å²) < 4.78 is 55.3. The molecule has 0 saturated carbocycles. The van der Waals surface area contributed by atoms with Gasteiger partial charge in [0.1, 0.15) is 64.7 Å². The molecule has 0 heterocycles. The molecule has 0 rings (SSSR count). The van der Waals surface area contributed by atoms with Crippen molar-refractivity contribution in [1.29, 1.82) is 0 Å². The number of nitrogens with zero attached hydrogens (tertiary/aromatic N) is 2. The first-order valence-electron chi connectivity index (χ1n) is 17.5. The fourth-order valence-corrected chi connectivity index (χ4v) is 3.78. The molecule has 2 atom stereocenters. The summed E-state index contributed by atoms with van der Waals surface area (Å²) in [5.41, 5.74) is 0. The summed E-state index contributed by atoms with van der Waals surface area (Å²) in [5, 5.41) is 4.55. The molecule has 0 saturated heterocycles. The molecule has 0 fully saturated rings. The molecule has 28 nitrogen and oxygen atoms in total. The maximum absolute atomic E-state index is 12.0. The number of nitrogens with one attached hydrogen (secondary N) is 2. The Labute approximate surface area is 354 Å². The minimum Gasteiger partial charge on any atom is -0.469 e. The molecule has 2 unspecified atom stereocenters. The Kier molecular flexibility index (Phi) is 31.3. The molecule has 0 aliphatic rings. The molecule has 62 heavy (non-hydrogen) atoms. The molecular formula is C34H52N4O24. The summed E-state index contributed by atoms with van der Waals surface area (Å²) in [7, 11) is 8.86. The van der Waals surface area contributed by atoms with Crippen LogP contribution in [0, 0.1) is 0 Å². The number of methoxy groups -OCH3 is 8. The van der Waals surface area contributed by atoms with Gasteiger partial charge in [-0.2, -0.15) is 0 Å². The van der Waals surface area contributed by atoms with Gasteiger partial charge >= 0.3 is 59.9 Å². The van der Waals surface area contributed by atoms with Crippen LogP contribution in [0.3, 0.4) is 0 Å². The Morgan fingerprint density at radius 1 is 0.387 bits per heavy atom. The highest BCUT2D eigenvalue weighted by atomic mass is 16.6. The number of carbonyl (C=O) groups is 12. The van der Waals surface area contributed by atoms with Gasteiger partial charge in [-0.15, -0.1) is 0 Å². The van der Waals surface area contributed by atoms with Crippen LogP contribution in [0.1, 0.15) is 12.8 Å². The van der Waals surface area contributed by atoms with Crippen molar-refractivity contribution in [2.24, 2.45) is 0 Å². The first-order valence-corrected chi connectivity index (χ1v) is 17.5. The first kappa shape index (κ1) is 57.3. The van der Waals surface area contributed by atoms with E-state index in [1.54, 1.807) is 0 Å². The summed E-state index contributed by atoms with van der Waals surface area (Å²) >= 11 is 0. The highest BCUT2D eigenvalue weighted by Crippen LogP contribution is 2.02. The maximum Gasteiger partial charge on any atom is 0.410 e. The summed E-state index contributed by atoms with van der Waals surface area (Å²) in [5.74, 6) is -7.66. The van der Waals surface area contributed by atoms with Crippen LogP contribution in [0.2, 0.25) is 0 Å². The van der Waals surface area contributed by atoms with Gasteiger partial charge < -0.3 is 67.5 Å². The van der Waals surface area contributed by atoms with Gasteiger partial charge in [0.05, 0.1) is 82.9 Å². The normalized spacial score (nSPS) is 10.8. The van der Waals surface area contributed by atoms with Crippen molar-refractivity contribution in [3.63, 3.8) is 0 Å². The molecule has 0 aliphatic carbocycles. The van der Waals surface area contributed by atoms with Gasteiger partial charge in [-0.3, -0.25) is 48.2 Å². The molecule has 0 bridgehead atoms. The lowest BCUT2D eigenvalue weighted by atomic mass is 10.2. The Hall–Kier alpha value is -6.84. The smallest absolute Gasteiger partial charge is 0.410 e. The lowest BCUT2D eigenvalue weighted by Crippen LogP contribution is -2.45. The average molecular weight is 901 g/mol. The Morgan fingerprint density at radius 2 is 0.661 bits per heavy atom. The minimum absolute atomic E-state index is 0.0802. The van der Waals surface area contributed by atoms with Crippen LogP contribution in [0.4, 0.5) is 9.59 Å². The van der Waals surface area contributed by atoms with Crippen molar-refractivity contribution < 1.29 is 114 Å². The van der Waals surface area contributed by atoms with Crippen LogP contribution in [0.25, 0.3) is 0 Å². The second-order valence-corrected chi connectivity index (χ2v) is 11.2. The van der Waals surface area contributed by atoms with E-state index in [0.29, 0.717) is 0 Å². The van der Waals surface area contributed by atoms with Crippen LogP contribution in [-0.2, 0) is 105 Å². The zero-order valence-corrected chi connectivity index (χ0v) is 35.3. The highest BCUT2D eigenvalue weighted by molar-refractivity contribution is 5.89. The number of amides is 4. The summed E-state index contributed by atoms with van der Waals surface area (Å²) in [4.78, 5) is 140. The fraction of sp³-hybridized carbons (Fsp3) is 0.647. The van der Waals surface area contributed by atoms with Gasteiger partial charge in [-0.25, -0.2) is 19.2 Å². The van der Waals surface area contributed by atoms with E-state index in [1.165, 1.54) is 0 Å². The topological polar surface area (TPSA) is 346 Å². The van der Waals surface area contributed by atoms with Gasteiger partial charge in [0.2, 0.25) is 11.8 Å². The number of hydrogen-bond donors (Lipinski definition) is 2. The third-order valence-corrected chi connectivity index (χ3v) is 6.92. The van der Waals surface area contributed by atoms with Gasteiger partial charge in [0.25, 0.3) is 0 Å². The molecule has 0 aromatic heterocycles. The number of hydrogen-bond acceptors (Lipinski definition) is 24. The lowest BCUT2D eigenvalue weighted by molar-refractivity contribution is -0.151. The molecular weight excluding hydrogens is 848 g/mol. The Balaban J connectivity index is 0. The van der Waals surface area contributed by atoms with Crippen LogP contribution >= 0.6 is 0 Å². The Bertz CT molecular complexity index is 1380. The molecule has 4 amide bonds. The zero-order valence-electron chi connectivity index (χ0n) is 35.3. The second kappa shape index (κ2) is 33.9. The summed E-state index contributed by atoms with van der Waals surface area (Å²) in [6.07, 6.45) is -2.95. The maximum atomic E-state index is 12.0. The molecule has 0 aliphatic heterocycles.